The summed E-state index contributed by atoms with van der Waals surface area (Å²) in [6.45, 7) is 2.01. The van der Waals surface area contributed by atoms with E-state index in [0.29, 0.717) is 11.3 Å². The Morgan fingerprint density at radius 1 is 1.14 bits per heavy atom. The van der Waals surface area contributed by atoms with Crippen molar-refractivity contribution in [3.63, 3.8) is 0 Å². The van der Waals surface area contributed by atoms with Crippen LogP contribution in [-0.4, -0.2) is 9.55 Å². The van der Waals surface area contributed by atoms with Gasteiger partial charge < -0.3 is 0 Å². The number of fused-ring (bicyclic) bond motifs is 1. The van der Waals surface area contributed by atoms with Crippen molar-refractivity contribution in [3.05, 3.63) is 59.4 Å². The number of aromatic nitrogens is 2. The van der Waals surface area contributed by atoms with E-state index in [1.54, 1.807) is 4.57 Å². The molecule has 0 spiro atoms. The van der Waals surface area contributed by atoms with Gasteiger partial charge in [0.05, 0.1) is 17.1 Å². The number of rotatable bonds is 3. The normalized spacial score (nSPS) is 11.2. The van der Waals surface area contributed by atoms with Gasteiger partial charge in [0.15, 0.2) is 11.6 Å². The smallest absolute Gasteiger partial charge is 0.185 e. The highest BCUT2D eigenvalue weighted by Crippen LogP contribution is 2.28. The standard InChI is InChI=1S/C16H13ClF2N2/c1-2-10-5-3-4-6-13(10)21-14(9-17)20-12-8-7-11(18)15(19)16(12)21/h3-8H,2,9H2,1H3. The summed E-state index contributed by atoms with van der Waals surface area (Å²) in [5.74, 6) is -1.17. The first-order chi connectivity index (χ1) is 10.2. The zero-order chi connectivity index (χ0) is 15.0. The molecule has 0 bridgehead atoms. The Morgan fingerprint density at radius 2 is 1.90 bits per heavy atom. The van der Waals surface area contributed by atoms with Gasteiger partial charge in [-0.2, -0.15) is 0 Å². The van der Waals surface area contributed by atoms with Crippen molar-refractivity contribution in [2.75, 3.05) is 0 Å². The Bertz CT molecular complexity index is 811. The molecule has 0 saturated carbocycles. The number of hydrogen-bond donors (Lipinski definition) is 0. The average Bonchev–Trinajstić information content (AvgIpc) is 2.90. The molecule has 0 atom stereocenters. The molecule has 0 radical (unpaired) electrons. The second-order valence-electron chi connectivity index (χ2n) is 4.71. The van der Waals surface area contributed by atoms with Gasteiger partial charge in [-0.05, 0) is 30.2 Å². The van der Waals surface area contributed by atoms with E-state index in [1.807, 2.05) is 31.2 Å². The monoisotopic (exact) mass is 306 g/mol. The highest BCUT2D eigenvalue weighted by atomic mass is 35.5. The Kier molecular flexibility index (Phi) is 3.64. The molecule has 0 aliphatic rings. The van der Waals surface area contributed by atoms with Gasteiger partial charge >= 0.3 is 0 Å². The molecule has 108 valence electrons. The quantitative estimate of drug-likeness (QED) is 0.646. The third kappa shape index (κ3) is 2.20. The fraction of sp³-hybridized carbons (Fsp3) is 0.188. The van der Waals surface area contributed by atoms with Crippen LogP contribution in [0.2, 0.25) is 0 Å². The van der Waals surface area contributed by atoms with Crippen molar-refractivity contribution in [1.29, 1.82) is 0 Å². The maximum absolute atomic E-state index is 14.3. The number of imidazole rings is 1. The van der Waals surface area contributed by atoms with Crippen molar-refractivity contribution in [2.24, 2.45) is 0 Å². The average molecular weight is 307 g/mol. The molecule has 3 rings (SSSR count). The second-order valence-corrected chi connectivity index (χ2v) is 4.98. The van der Waals surface area contributed by atoms with E-state index in [4.69, 9.17) is 11.6 Å². The molecule has 3 aromatic rings. The molecule has 2 nitrogen and oxygen atoms in total. The maximum atomic E-state index is 14.3. The van der Waals surface area contributed by atoms with E-state index >= 15 is 0 Å². The van der Waals surface area contributed by atoms with Crippen LogP contribution in [0.5, 0.6) is 0 Å². The van der Waals surface area contributed by atoms with Crippen LogP contribution in [0, 0.1) is 11.6 Å². The highest BCUT2D eigenvalue weighted by molar-refractivity contribution is 6.17. The van der Waals surface area contributed by atoms with Gasteiger partial charge in [-0.3, -0.25) is 4.57 Å². The van der Waals surface area contributed by atoms with Crippen LogP contribution in [0.25, 0.3) is 16.7 Å². The molecule has 0 saturated heterocycles. The summed E-state index contributed by atoms with van der Waals surface area (Å²) >= 11 is 5.94. The molecule has 0 aliphatic carbocycles. The summed E-state index contributed by atoms with van der Waals surface area (Å²) in [6, 6.07) is 10.1. The number of alkyl halides is 1. The summed E-state index contributed by atoms with van der Waals surface area (Å²) in [5, 5.41) is 0. The number of para-hydroxylation sites is 1. The van der Waals surface area contributed by atoms with Crippen molar-refractivity contribution in [3.8, 4) is 5.69 Å². The maximum Gasteiger partial charge on any atom is 0.185 e. The van der Waals surface area contributed by atoms with Crippen LogP contribution < -0.4 is 0 Å². The van der Waals surface area contributed by atoms with Crippen LogP contribution in [0.1, 0.15) is 18.3 Å². The third-order valence-electron chi connectivity index (χ3n) is 3.51. The molecule has 2 aromatic carbocycles. The Balaban J connectivity index is 2.42. The van der Waals surface area contributed by atoms with Crippen LogP contribution in [0.15, 0.2) is 36.4 Å². The number of hydrogen-bond acceptors (Lipinski definition) is 1. The first-order valence-corrected chi connectivity index (χ1v) is 7.20. The van der Waals surface area contributed by atoms with Crippen LogP contribution in [0.3, 0.4) is 0 Å². The zero-order valence-electron chi connectivity index (χ0n) is 11.4. The largest absolute Gasteiger partial charge is 0.292 e. The van der Waals surface area contributed by atoms with E-state index < -0.39 is 11.6 Å². The topological polar surface area (TPSA) is 17.8 Å². The summed E-state index contributed by atoms with van der Waals surface area (Å²) in [7, 11) is 0. The van der Waals surface area contributed by atoms with Crippen LogP contribution >= 0.6 is 11.6 Å². The van der Waals surface area contributed by atoms with Crippen LogP contribution in [0.4, 0.5) is 8.78 Å². The fourth-order valence-corrected chi connectivity index (χ4v) is 2.71. The molecule has 1 heterocycles. The van der Waals surface area contributed by atoms with E-state index in [-0.39, 0.29) is 11.4 Å². The minimum Gasteiger partial charge on any atom is -0.292 e. The molecule has 0 aliphatic heterocycles. The Labute approximate surface area is 126 Å². The molecule has 21 heavy (non-hydrogen) atoms. The summed E-state index contributed by atoms with van der Waals surface area (Å²) in [4.78, 5) is 4.31. The lowest BCUT2D eigenvalue weighted by atomic mass is 10.1. The van der Waals surface area contributed by atoms with Crippen molar-refractivity contribution in [2.45, 2.75) is 19.2 Å². The lowest BCUT2D eigenvalue weighted by molar-refractivity contribution is 0.514. The number of halogens is 3. The second kappa shape index (κ2) is 5.45. The lowest BCUT2D eigenvalue weighted by Gasteiger charge is -2.12. The molecular formula is C16H13ClF2N2. The van der Waals surface area contributed by atoms with Gasteiger partial charge in [0.1, 0.15) is 11.3 Å². The SMILES string of the molecule is CCc1ccccc1-n1c(CCl)nc2ccc(F)c(F)c21. The van der Waals surface area contributed by atoms with Crippen LogP contribution in [-0.2, 0) is 12.3 Å². The van der Waals surface area contributed by atoms with E-state index in [0.717, 1.165) is 23.7 Å². The van der Waals surface area contributed by atoms with E-state index in [2.05, 4.69) is 4.98 Å². The van der Waals surface area contributed by atoms with E-state index in [9.17, 15) is 8.78 Å². The molecule has 0 N–H and O–H groups in total. The Hall–Kier alpha value is -1.94. The molecule has 0 unspecified atom stereocenters. The third-order valence-corrected chi connectivity index (χ3v) is 3.75. The fourth-order valence-electron chi connectivity index (χ4n) is 2.53. The first-order valence-electron chi connectivity index (χ1n) is 6.67. The molecule has 5 heteroatoms. The lowest BCUT2D eigenvalue weighted by Crippen LogP contribution is -2.04. The van der Waals surface area contributed by atoms with Crippen molar-refractivity contribution >= 4 is 22.6 Å². The highest BCUT2D eigenvalue weighted by Gasteiger charge is 2.19. The number of aryl methyl sites for hydroxylation is 1. The summed E-state index contributed by atoms with van der Waals surface area (Å²) in [6.07, 6.45) is 0.772. The van der Waals surface area contributed by atoms with Gasteiger partial charge in [0, 0.05) is 0 Å². The summed E-state index contributed by atoms with van der Waals surface area (Å²) < 4.78 is 29.5. The van der Waals surface area contributed by atoms with Gasteiger partial charge in [-0.1, -0.05) is 25.1 Å². The molecular weight excluding hydrogens is 294 g/mol. The van der Waals surface area contributed by atoms with E-state index in [1.165, 1.54) is 6.07 Å². The molecule has 0 fully saturated rings. The molecule has 0 amide bonds. The minimum absolute atomic E-state index is 0.119. The van der Waals surface area contributed by atoms with Gasteiger partial charge in [0.2, 0.25) is 0 Å². The number of benzene rings is 2. The van der Waals surface area contributed by atoms with Gasteiger partial charge in [-0.25, -0.2) is 13.8 Å². The van der Waals surface area contributed by atoms with Gasteiger partial charge in [0.25, 0.3) is 0 Å². The van der Waals surface area contributed by atoms with Crippen molar-refractivity contribution in [1.82, 2.24) is 9.55 Å². The predicted molar refractivity (Wildman–Crippen MR) is 79.9 cm³/mol. The zero-order valence-corrected chi connectivity index (χ0v) is 12.2. The molecule has 1 aromatic heterocycles. The number of nitrogens with zero attached hydrogens (tertiary/aromatic N) is 2. The predicted octanol–water partition coefficient (Wildman–Crippen LogP) is 4.60. The van der Waals surface area contributed by atoms with Gasteiger partial charge in [-0.15, -0.1) is 11.6 Å². The minimum atomic E-state index is -0.901. The first kappa shape index (κ1) is 14.0. The summed E-state index contributed by atoms with van der Waals surface area (Å²) in [5.41, 5.74) is 2.33. The Morgan fingerprint density at radius 3 is 2.62 bits per heavy atom. The van der Waals surface area contributed by atoms with Crippen molar-refractivity contribution < 1.29 is 8.78 Å².